The summed E-state index contributed by atoms with van der Waals surface area (Å²) in [5.41, 5.74) is 6.30. The second-order valence-corrected chi connectivity index (χ2v) is 5.20. The van der Waals surface area contributed by atoms with Crippen LogP contribution in [-0.2, 0) is 4.79 Å². The Labute approximate surface area is 115 Å². The molecule has 0 aliphatic rings. The van der Waals surface area contributed by atoms with Gasteiger partial charge in [0, 0.05) is 11.1 Å². The zero-order valence-corrected chi connectivity index (χ0v) is 11.4. The molecule has 3 N–H and O–H groups in total. The third-order valence-electron chi connectivity index (χ3n) is 2.37. The number of nitrogens with one attached hydrogen (secondary N) is 1. The van der Waals surface area contributed by atoms with Crippen LogP contribution in [-0.4, -0.2) is 17.5 Å². The topological polar surface area (TPSA) is 77.2 Å². The number of aryl methyl sites for hydroxylation is 1. The van der Waals surface area contributed by atoms with Gasteiger partial charge < -0.3 is 15.8 Å². The minimum atomic E-state index is -0.121. The predicted molar refractivity (Wildman–Crippen MR) is 76.4 cm³/mol. The van der Waals surface area contributed by atoms with Crippen molar-refractivity contribution in [3.63, 3.8) is 0 Å². The number of aromatic nitrogens is 1. The predicted octanol–water partition coefficient (Wildman–Crippen LogP) is 2.44. The smallest absolute Gasteiger partial charge is 0.229 e. The number of ether oxygens (including phenoxy) is 1. The lowest BCUT2D eigenvalue weighted by Crippen LogP contribution is -2.15. The normalized spacial score (nSPS) is 10.2. The summed E-state index contributed by atoms with van der Waals surface area (Å²) in [7, 11) is 0. The number of para-hydroxylation sites is 2. The highest BCUT2D eigenvalue weighted by molar-refractivity contribution is 7.15. The van der Waals surface area contributed by atoms with Gasteiger partial charge in [0.15, 0.2) is 5.13 Å². The lowest BCUT2D eigenvalue weighted by molar-refractivity contribution is -0.116. The van der Waals surface area contributed by atoms with Gasteiger partial charge in [-0.15, -0.1) is 11.3 Å². The first-order valence-corrected chi connectivity index (χ1v) is 6.66. The highest BCUT2D eigenvalue weighted by Crippen LogP contribution is 2.20. The van der Waals surface area contributed by atoms with E-state index in [1.54, 1.807) is 18.3 Å². The number of rotatable bonds is 5. The van der Waals surface area contributed by atoms with Gasteiger partial charge in [0.1, 0.15) is 5.75 Å². The van der Waals surface area contributed by atoms with Crippen molar-refractivity contribution in [1.82, 2.24) is 4.98 Å². The van der Waals surface area contributed by atoms with Gasteiger partial charge in [-0.2, -0.15) is 0 Å². The van der Waals surface area contributed by atoms with Crippen molar-refractivity contribution < 1.29 is 9.53 Å². The average Bonchev–Trinajstić information content (AvgIpc) is 2.77. The molecule has 0 atom stereocenters. The molecule has 100 valence electrons. The van der Waals surface area contributed by atoms with Crippen molar-refractivity contribution in [2.24, 2.45) is 0 Å². The van der Waals surface area contributed by atoms with E-state index in [4.69, 9.17) is 10.5 Å². The van der Waals surface area contributed by atoms with Crippen molar-refractivity contribution in [3.05, 3.63) is 35.3 Å². The summed E-state index contributed by atoms with van der Waals surface area (Å²) in [6.07, 6.45) is 1.98. The van der Waals surface area contributed by atoms with E-state index in [1.807, 2.05) is 19.1 Å². The van der Waals surface area contributed by atoms with Gasteiger partial charge in [0.05, 0.1) is 18.7 Å². The number of amides is 1. The van der Waals surface area contributed by atoms with Gasteiger partial charge >= 0.3 is 0 Å². The van der Waals surface area contributed by atoms with Gasteiger partial charge in [0.25, 0.3) is 0 Å². The van der Waals surface area contributed by atoms with E-state index in [1.165, 1.54) is 11.3 Å². The van der Waals surface area contributed by atoms with E-state index in [2.05, 4.69) is 10.3 Å². The molecule has 6 heteroatoms. The van der Waals surface area contributed by atoms with Crippen molar-refractivity contribution in [2.75, 3.05) is 17.7 Å². The van der Waals surface area contributed by atoms with Gasteiger partial charge in [0.2, 0.25) is 5.91 Å². The van der Waals surface area contributed by atoms with E-state index in [-0.39, 0.29) is 18.9 Å². The van der Waals surface area contributed by atoms with Crippen LogP contribution < -0.4 is 15.8 Å². The minimum absolute atomic E-state index is 0.121. The molecular formula is C13H15N3O2S. The molecule has 5 nitrogen and oxygen atoms in total. The maximum atomic E-state index is 11.6. The Kier molecular flexibility index (Phi) is 4.35. The quantitative estimate of drug-likeness (QED) is 0.823. The zero-order chi connectivity index (χ0) is 13.7. The second kappa shape index (κ2) is 6.19. The molecule has 1 amide bonds. The molecule has 2 aromatic rings. The molecule has 1 heterocycles. The Morgan fingerprint density at radius 1 is 1.47 bits per heavy atom. The molecule has 0 radical (unpaired) electrons. The minimum Gasteiger partial charge on any atom is -0.491 e. The van der Waals surface area contributed by atoms with E-state index < -0.39 is 0 Å². The molecule has 0 spiro atoms. The maximum absolute atomic E-state index is 11.6. The number of nitrogens with zero attached hydrogens (tertiary/aromatic N) is 1. The number of anilines is 2. The van der Waals surface area contributed by atoms with Crippen LogP contribution in [0.25, 0.3) is 0 Å². The summed E-state index contributed by atoms with van der Waals surface area (Å²) in [6, 6.07) is 7.20. The average molecular weight is 277 g/mol. The number of carbonyl (C=O) groups excluding carboxylic acids is 1. The standard InChI is InChI=1S/C13H15N3O2S/c1-9-8-15-13(19-9)16-12(17)6-7-18-11-5-3-2-4-10(11)14/h2-5,8H,6-7,14H2,1H3,(H,15,16,17). The highest BCUT2D eigenvalue weighted by Gasteiger charge is 2.06. The Hall–Kier alpha value is -2.08. The Morgan fingerprint density at radius 2 is 2.26 bits per heavy atom. The molecule has 0 aliphatic heterocycles. The van der Waals surface area contributed by atoms with Crippen LogP contribution in [0.1, 0.15) is 11.3 Å². The number of thiazole rings is 1. The first kappa shape index (κ1) is 13.4. The lowest BCUT2D eigenvalue weighted by Gasteiger charge is -2.07. The number of nitrogens with two attached hydrogens (primary N) is 1. The lowest BCUT2D eigenvalue weighted by atomic mass is 10.3. The van der Waals surface area contributed by atoms with Crippen LogP contribution in [0.15, 0.2) is 30.5 Å². The number of hydrogen-bond acceptors (Lipinski definition) is 5. The molecule has 2 rings (SSSR count). The number of carbonyl (C=O) groups is 1. The fraction of sp³-hybridized carbons (Fsp3) is 0.231. The number of benzene rings is 1. The molecule has 0 saturated heterocycles. The Balaban J connectivity index is 1.77. The van der Waals surface area contributed by atoms with Gasteiger partial charge in [-0.25, -0.2) is 4.98 Å². The monoisotopic (exact) mass is 277 g/mol. The largest absolute Gasteiger partial charge is 0.491 e. The van der Waals surface area contributed by atoms with E-state index in [9.17, 15) is 4.79 Å². The van der Waals surface area contributed by atoms with Crippen molar-refractivity contribution in [2.45, 2.75) is 13.3 Å². The summed E-state index contributed by atoms with van der Waals surface area (Å²) >= 11 is 1.44. The third kappa shape index (κ3) is 3.96. The summed E-state index contributed by atoms with van der Waals surface area (Å²) in [5, 5.41) is 3.33. The molecule has 0 saturated carbocycles. The van der Waals surface area contributed by atoms with Crippen LogP contribution in [0.5, 0.6) is 5.75 Å². The summed E-state index contributed by atoms with van der Waals surface area (Å²) in [6.45, 7) is 2.22. The summed E-state index contributed by atoms with van der Waals surface area (Å²) < 4.78 is 5.45. The third-order valence-corrected chi connectivity index (χ3v) is 3.20. The van der Waals surface area contributed by atoms with Crippen molar-refractivity contribution in [3.8, 4) is 5.75 Å². The van der Waals surface area contributed by atoms with Crippen LogP contribution in [0, 0.1) is 6.92 Å². The fourth-order valence-electron chi connectivity index (χ4n) is 1.46. The van der Waals surface area contributed by atoms with E-state index in [0.29, 0.717) is 16.6 Å². The van der Waals surface area contributed by atoms with Crippen LogP contribution >= 0.6 is 11.3 Å². The maximum Gasteiger partial charge on any atom is 0.229 e. The number of hydrogen-bond donors (Lipinski definition) is 2. The van der Waals surface area contributed by atoms with Gasteiger partial charge in [-0.1, -0.05) is 12.1 Å². The molecule has 0 fully saturated rings. The summed E-state index contributed by atoms with van der Waals surface area (Å²) in [5.74, 6) is 0.476. The molecule has 0 bridgehead atoms. The molecule has 0 unspecified atom stereocenters. The summed E-state index contributed by atoms with van der Waals surface area (Å²) in [4.78, 5) is 16.8. The van der Waals surface area contributed by atoms with Crippen LogP contribution in [0.3, 0.4) is 0 Å². The van der Waals surface area contributed by atoms with Gasteiger partial charge in [-0.05, 0) is 19.1 Å². The van der Waals surface area contributed by atoms with E-state index >= 15 is 0 Å². The number of nitrogen functional groups attached to an aromatic ring is 1. The molecule has 1 aromatic heterocycles. The van der Waals surface area contributed by atoms with Crippen molar-refractivity contribution >= 4 is 28.1 Å². The van der Waals surface area contributed by atoms with Crippen LogP contribution in [0.2, 0.25) is 0 Å². The second-order valence-electron chi connectivity index (χ2n) is 3.96. The Bertz CT molecular complexity index is 569. The molecule has 1 aromatic carbocycles. The van der Waals surface area contributed by atoms with E-state index in [0.717, 1.165) is 4.88 Å². The first-order chi connectivity index (χ1) is 9.15. The molecule has 19 heavy (non-hydrogen) atoms. The molecule has 0 aliphatic carbocycles. The Morgan fingerprint density at radius 3 is 2.95 bits per heavy atom. The zero-order valence-electron chi connectivity index (χ0n) is 10.6. The molecular weight excluding hydrogens is 262 g/mol. The SMILES string of the molecule is Cc1cnc(NC(=O)CCOc2ccccc2N)s1. The highest BCUT2D eigenvalue weighted by atomic mass is 32.1. The van der Waals surface area contributed by atoms with Crippen LogP contribution in [0.4, 0.5) is 10.8 Å². The first-order valence-electron chi connectivity index (χ1n) is 5.85. The fourth-order valence-corrected chi connectivity index (χ4v) is 2.14. The van der Waals surface area contributed by atoms with Crippen molar-refractivity contribution in [1.29, 1.82) is 0 Å². The van der Waals surface area contributed by atoms with Gasteiger partial charge in [-0.3, -0.25) is 4.79 Å².